The van der Waals surface area contributed by atoms with Crippen molar-refractivity contribution in [3.8, 4) is 0 Å². The van der Waals surface area contributed by atoms with E-state index in [4.69, 9.17) is 9.47 Å². The summed E-state index contributed by atoms with van der Waals surface area (Å²) in [6.07, 6.45) is 1.94. The van der Waals surface area contributed by atoms with E-state index in [1.807, 2.05) is 70.5 Å². The van der Waals surface area contributed by atoms with Gasteiger partial charge in [0.2, 0.25) is 5.91 Å². The maximum Gasteiger partial charge on any atom is 0.410 e. The number of hydrogen-bond acceptors (Lipinski definition) is 6. The normalized spacial score (nSPS) is 20.8. The number of likely N-dealkylation sites (tertiary alicyclic amines) is 2. The van der Waals surface area contributed by atoms with Crippen molar-refractivity contribution in [1.29, 1.82) is 0 Å². The quantitative estimate of drug-likeness (QED) is 0.545. The van der Waals surface area contributed by atoms with Gasteiger partial charge in [0, 0.05) is 43.7 Å². The van der Waals surface area contributed by atoms with Crippen molar-refractivity contribution >= 4 is 23.9 Å². The fourth-order valence-corrected chi connectivity index (χ4v) is 5.56. The van der Waals surface area contributed by atoms with Crippen LogP contribution in [-0.2, 0) is 25.7 Å². The van der Waals surface area contributed by atoms with E-state index < -0.39 is 18.1 Å². The number of carbonyl (C=O) groups excluding carboxylic acids is 4. The molecule has 1 atom stereocenters. The van der Waals surface area contributed by atoms with Gasteiger partial charge in [0.1, 0.15) is 13.2 Å². The van der Waals surface area contributed by atoms with Crippen LogP contribution in [0, 0.1) is 5.92 Å². The molecule has 0 spiro atoms. The van der Waals surface area contributed by atoms with E-state index in [0.29, 0.717) is 57.4 Å². The summed E-state index contributed by atoms with van der Waals surface area (Å²) in [7, 11) is 0. The third kappa shape index (κ3) is 5.66. The molecule has 3 saturated heterocycles. The van der Waals surface area contributed by atoms with Crippen LogP contribution >= 0.6 is 0 Å². The predicted octanol–water partition coefficient (Wildman–Crippen LogP) is 3.09. The van der Waals surface area contributed by atoms with Crippen molar-refractivity contribution in [2.24, 2.45) is 5.92 Å². The molecule has 3 amide bonds. The van der Waals surface area contributed by atoms with Crippen LogP contribution in [0.25, 0.3) is 0 Å². The maximum atomic E-state index is 13.2. The second-order valence-electron chi connectivity index (χ2n) is 10.1. The van der Waals surface area contributed by atoms with Crippen LogP contribution in [0.3, 0.4) is 0 Å². The lowest BCUT2D eigenvalue weighted by atomic mass is 9.93. The van der Waals surface area contributed by atoms with Crippen molar-refractivity contribution in [2.75, 3.05) is 32.8 Å². The Kier molecular flexibility index (Phi) is 7.91. The molecular formula is C29H33N3O6. The highest BCUT2D eigenvalue weighted by Crippen LogP contribution is 2.27. The van der Waals surface area contributed by atoms with Crippen LogP contribution in [0.4, 0.5) is 4.79 Å². The van der Waals surface area contributed by atoms with E-state index in [2.05, 4.69) is 0 Å². The minimum absolute atomic E-state index is 0.00617. The lowest BCUT2D eigenvalue weighted by molar-refractivity contribution is -0.151. The number of cyclic esters (lactones) is 1. The number of amides is 3. The van der Waals surface area contributed by atoms with Crippen LogP contribution in [0.15, 0.2) is 60.7 Å². The Morgan fingerprint density at radius 2 is 1.42 bits per heavy atom. The van der Waals surface area contributed by atoms with Crippen molar-refractivity contribution < 1.29 is 28.7 Å². The minimum Gasteiger partial charge on any atom is -0.459 e. The number of nitrogens with zero attached hydrogens (tertiary/aromatic N) is 3. The zero-order valence-corrected chi connectivity index (χ0v) is 21.4. The van der Waals surface area contributed by atoms with Gasteiger partial charge in [0.05, 0.1) is 0 Å². The molecule has 2 aromatic carbocycles. The number of esters is 1. The van der Waals surface area contributed by atoms with Gasteiger partial charge in [0.25, 0.3) is 5.91 Å². The summed E-state index contributed by atoms with van der Waals surface area (Å²) in [5, 5.41) is 0. The average molecular weight is 520 g/mol. The first-order valence-corrected chi connectivity index (χ1v) is 13.3. The van der Waals surface area contributed by atoms with Gasteiger partial charge in [0.15, 0.2) is 6.04 Å². The molecule has 3 aliphatic rings. The van der Waals surface area contributed by atoms with Gasteiger partial charge >= 0.3 is 12.1 Å². The first-order valence-electron chi connectivity index (χ1n) is 13.3. The predicted molar refractivity (Wildman–Crippen MR) is 138 cm³/mol. The summed E-state index contributed by atoms with van der Waals surface area (Å²) < 4.78 is 10.7. The van der Waals surface area contributed by atoms with E-state index in [1.165, 1.54) is 4.90 Å². The fraction of sp³-hybridized carbons (Fsp3) is 0.448. The van der Waals surface area contributed by atoms with Crippen LogP contribution in [-0.4, -0.2) is 83.4 Å². The second-order valence-corrected chi connectivity index (χ2v) is 10.1. The minimum atomic E-state index is -0.773. The van der Waals surface area contributed by atoms with E-state index in [1.54, 1.807) is 0 Å². The van der Waals surface area contributed by atoms with Gasteiger partial charge in [-0.05, 0) is 43.4 Å². The molecule has 3 aliphatic heterocycles. The highest BCUT2D eigenvalue weighted by atomic mass is 16.6. The number of rotatable bonds is 6. The van der Waals surface area contributed by atoms with E-state index in [-0.39, 0.29) is 37.0 Å². The van der Waals surface area contributed by atoms with Gasteiger partial charge < -0.3 is 19.3 Å². The molecule has 0 unspecified atom stereocenters. The molecule has 9 heteroatoms. The summed E-state index contributed by atoms with van der Waals surface area (Å²) in [6, 6.07) is 17.6. The number of ether oxygens (including phenoxy) is 2. The molecule has 38 heavy (non-hydrogen) atoms. The molecule has 0 bridgehead atoms. The Morgan fingerprint density at radius 3 is 2.08 bits per heavy atom. The maximum absolute atomic E-state index is 13.2. The molecule has 9 nitrogen and oxygen atoms in total. The molecule has 200 valence electrons. The smallest absolute Gasteiger partial charge is 0.410 e. The number of carbonyl (C=O) groups is 4. The summed E-state index contributed by atoms with van der Waals surface area (Å²) in [4.78, 5) is 56.4. The third-order valence-electron chi connectivity index (χ3n) is 7.73. The van der Waals surface area contributed by atoms with E-state index in [0.717, 1.165) is 5.56 Å². The standard InChI is InChI=1S/C29H33N3O6/c33-26(22-9-5-2-6-10-22)30-15-11-23(12-16-30)27(34)31-17-13-24(14-18-31)32-25(20-38-29(32)36)28(35)37-19-21-7-3-1-4-8-21/h1-10,23-25H,11-20H2/t25-/m0/s1. The summed E-state index contributed by atoms with van der Waals surface area (Å²) >= 11 is 0. The molecule has 2 aromatic rings. The van der Waals surface area contributed by atoms with Crippen LogP contribution in [0.1, 0.15) is 41.6 Å². The zero-order valence-electron chi connectivity index (χ0n) is 21.4. The SMILES string of the molecule is O=C(OCc1ccccc1)[C@@H]1COC(=O)N1C1CCN(C(=O)C2CCN(C(=O)c3ccccc3)CC2)CC1. The third-order valence-corrected chi connectivity index (χ3v) is 7.73. The monoisotopic (exact) mass is 519 g/mol. The van der Waals surface area contributed by atoms with Crippen LogP contribution in [0.2, 0.25) is 0 Å². The Bertz CT molecular complexity index is 1140. The Labute approximate surface area is 222 Å². The molecule has 0 radical (unpaired) electrons. The van der Waals surface area contributed by atoms with Crippen molar-refractivity contribution in [3.63, 3.8) is 0 Å². The van der Waals surface area contributed by atoms with Gasteiger partial charge in [-0.2, -0.15) is 0 Å². The van der Waals surface area contributed by atoms with Gasteiger partial charge in [-0.3, -0.25) is 14.5 Å². The lowest BCUT2D eigenvalue weighted by Gasteiger charge is -2.39. The molecule has 3 fully saturated rings. The number of benzene rings is 2. The molecule has 0 aromatic heterocycles. The summed E-state index contributed by atoms with van der Waals surface area (Å²) in [5.74, 6) is -0.469. The number of piperidine rings is 2. The van der Waals surface area contributed by atoms with Crippen LogP contribution < -0.4 is 0 Å². The Balaban J connectivity index is 1.10. The van der Waals surface area contributed by atoms with E-state index in [9.17, 15) is 19.2 Å². The second kappa shape index (κ2) is 11.7. The first-order chi connectivity index (χ1) is 18.5. The highest BCUT2D eigenvalue weighted by molar-refractivity contribution is 5.94. The molecule has 0 saturated carbocycles. The van der Waals surface area contributed by atoms with E-state index >= 15 is 0 Å². The van der Waals surface area contributed by atoms with Crippen molar-refractivity contribution in [1.82, 2.24) is 14.7 Å². The largest absolute Gasteiger partial charge is 0.459 e. The van der Waals surface area contributed by atoms with Gasteiger partial charge in [-0.1, -0.05) is 48.5 Å². The van der Waals surface area contributed by atoms with Gasteiger partial charge in [-0.25, -0.2) is 9.59 Å². The molecule has 3 heterocycles. The Hall–Kier alpha value is -3.88. The highest BCUT2D eigenvalue weighted by Gasteiger charge is 2.44. The zero-order chi connectivity index (χ0) is 26.5. The molecule has 0 aliphatic carbocycles. The topological polar surface area (TPSA) is 96.5 Å². The van der Waals surface area contributed by atoms with Crippen molar-refractivity contribution in [3.05, 3.63) is 71.8 Å². The molecule has 5 rings (SSSR count). The molecular weight excluding hydrogens is 486 g/mol. The van der Waals surface area contributed by atoms with Gasteiger partial charge in [-0.15, -0.1) is 0 Å². The number of hydrogen-bond donors (Lipinski definition) is 0. The Morgan fingerprint density at radius 1 is 0.816 bits per heavy atom. The fourth-order valence-electron chi connectivity index (χ4n) is 5.56. The summed E-state index contributed by atoms with van der Waals surface area (Å²) in [6.45, 7) is 2.28. The van der Waals surface area contributed by atoms with Crippen molar-refractivity contribution in [2.45, 2.75) is 44.4 Å². The lowest BCUT2D eigenvalue weighted by Crippen LogP contribution is -2.53. The average Bonchev–Trinajstić information content (AvgIpc) is 3.37. The summed E-state index contributed by atoms with van der Waals surface area (Å²) in [5.41, 5.74) is 1.54. The van der Waals surface area contributed by atoms with Crippen LogP contribution in [0.5, 0.6) is 0 Å². The molecule has 0 N–H and O–H groups in total. The first kappa shape index (κ1) is 25.8.